The summed E-state index contributed by atoms with van der Waals surface area (Å²) in [5, 5.41) is 3.40. The molecule has 4 heteroatoms. The van der Waals surface area contributed by atoms with E-state index in [-0.39, 0.29) is 0 Å². The molecule has 0 saturated carbocycles. The van der Waals surface area contributed by atoms with Gasteiger partial charge >= 0.3 is 0 Å². The molecule has 0 aliphatic carbocycles. The standard InChI is InChI=1S/C15H28N4/c1-11(2)7-16-8-14-9-17-15(18-10-14)19(6)13(5)12(3)4/h9-13,16H,7-8H2,1-6H3. The Morgan fingerprint density at radius 3 is 2.16 bits per heavy atom. The van der Waals surface area contributed by atoms with Crippen LogP contribution in [0.4, 0.5) is 5.95 Å². The molecule has 0 fully saturated rings. The summed E-state index contributed by atoms with van der Waals surface area (Å²) >= 11 is 0. The highest BCUT2D eigenvalue weighted by molar-refractivity contribution is 5.30. The minimum absolute atomic E-state index is 0.435. The van der Waals surface area contributed by atoms with Crippen molar-refractivity contribution in [3.8, 4) is 0 Å². The van der Waals surface area contributed by atoms with Gasteiger partial charge < -0.3 is 10.2 Å². The third-order valence-electron chi connectivity index (χ3n) is 3.46. The summed E-state index contributed by atoms with van der Waals surface area (Å²) in [5.41, 5.74) is 1.13. The maximum absolute atomic E-state index is 4.45. The van der Waals surface area contributed by atoms with Crippen LogP contribution in [0.5, 0.6) is 0 Å². The maximum Gasteiger partial charge on any atom is 0.225 e. The van der Waals surface area contributed by atoms with Gasteiger partial charge in [0.25, 0.3) is 0 Å². The average Bonchev–Trinajstić information content (AvgIpc) is 2.37. The van der Waals surface area contributed by atoms with Crippen LogP contribution in [0.1, 0.15) is 40.2 Å². The van der Waals surface area contributed by atoms with Gasteiger partial charge in [-0.15, -0.1) is 0 Å². The van der Waals surface area contributed by atoms with Gasteiger partial charge in [0, 0.05) is 37.6 Å². The Morgan fingerprint density at radius 1 is 1.11 bits per heavy atom. The number of hydrogen-bond donors (Lipinski definition) is 1. The highest BCUT2D eigenvalue weighted by Crippen LogP contribution is 2.14. The molecular weight excluding hydrogens is 236 g/mol. The van der Waals surface area contributed by atoms with Gasteiger partial charge in [0.15, 0.2) is 0 Å². The smallest absolute Gasteiger partial charge is 0.225 e. The van der Waals surface area contributed by atoms with Crippen LogP contribution in [0.3, 0.4) is 0 Å². The van der Waals surface area contributed by atoms with E-state index < -0.39 is 0 Å². The lowest BCUT2D eigenvalue weighted by Crippen LogP contribution is -2.34. The van der Waals surface area contributed by atoms with E-state index in [4.69, 9.17) is 0 Å². The van der Waals surface area contributed by atoms with Crippen molar-refractivity contribution < 1.29 is 0 Å². The van der Waals surface area contributed by atoms with E-state index >= 15 is 0 Å². The molecule has 0 saturated heterocycles. The van der Waals surface area contributed by atoms with E-state index in [0.29, 0.717) is 17.9 Å². The quantitative estimate of drug-likeness (QED) is 0.822. The minimum Gasteiger partial charge on any atom is -0.341 e. The summed E-state index contributed by atoms with van der Waals surface area (Å²) in [5.74, 6) is 2.05. The van der Waals surface area contributed by atoms with Gasteiger partial charge in [-0.25, -0.2) is 9.97 Å². The van der Waals surface area contributed by atoms with Crippen molar-refractivity contribution in [2.24, 2.45) is 11.8 Å². The molecule has 0 amide bonds. The van der Waals surface area contributed by atoms with Crippen molar-refractivity contribution in [1.82, 2.24) is 15.3 Å². The van der Waals surface area contributed by atoms with Crippen molar-refractivity contribution >= 4 is 5.95 Å². The molecule has 1 aromatic heterocycles. The first kappa shape index (κ1) is 15.9. The largest absolute Gasteiger partial charge is 0.341 e. The normalized spacial score (nSPS) is 13.1. The zero-order valence-corrected chi connectivity index (χ0v) is 13.1. The van der Waals surface area contributed by atoms with Gasteiger partial charge in [0.1, 0.15) is 0 Å². The molecule has 1 aromatic rings. The maximum atomic E-state index is 4.45. The number of anilines is 1. The van der Waals surface area contributed by atoms with Crippen molar-refractivity contribution in [2.75, 3.05) is 18.5 Å². The molecule has 1 rings (SSSR count). The van der Waals surface area contributed by atoms with E-state index in [1.807, 2.05) is 12.4 Å². The highest BCUT2D eigenvalue weighted by Gasteiger charge is 2.15. The molecule has 1 heterocycles. The third-order valence-corrected chi connectivity index (χ3v) is 3.46. The molecule has 1 atom stereocenters. The third kappa shape index (κ3) is 5.15. The Morgan fingerprint density at radius 2 is 1.68 bits per heavy atom. The average molecular weight is 264 g/mol. The zero-order chi connectivity index (χ0) is 14.4. The Balaban J connectivity index is 2.56. The molecule has 108 valence electrons. The second kappa shape index (κ2) is 7.43. The number of rotatable bonds is 7. The Kier molecular flexibility index (Phi) is 6.22. The second-order valence-electron chi connectivity index (χ2n) is 6.01. The summed E-state index contributed by atoms with van der Waals surface area (Å²) in [6.07, 6.45) is 3.83. The van der Waals surface area contributed by atoms with Gasteiger partial charge in [-0.1, -0.05) is 27.7 Å². The summed E-state index contributed by atoms with van der Waals surface area (Å²) in [6.45, 7) is 12.9. The molecule has 0 radical (unpaired) electrons. The molecule has 1 unspecified atom stereocenters. The fourth-order valence-electron chi connectivity index (χ4n) is 1.76. The van der Waals surface area contributed by atoms with E-state index in [9.17, 15) is 0 Å². The summed E-state index contributed by atoms with van der Waals surface area (Å²) in [6, 6.07) is 0.435. The molecule has 4 nitrogen and oxygen atoms in total. The van der Waals surface area contributed by atoms with E-state index in [1.54, 1.807) is 0 Å². The molecule has 19 heavy (non-hydrogen) atoms. The molecule has 0 aliphatic rings. The molecular formula is C15H28N4. The molecule has 0 aromatic carbocycles. The zero-order valence-electron chi connectivity index (χ0n) is 13.1. The van der Waals surface area contributed by atoms with Gasteiger partial charge in [-0.05, 0) is 25.3 Å². The fourth-order valence-corrected chi connectivity index (χ4v) is 1.76. The van der Waals surface area contributed by atoms with E-state index in [2.05, 4.69) is 61.9 Å². The molecule has 1 N–H and O–H groups in total. The van der Waals surface area contributed by atoms with Crippen molar-refractivity contribution in [3.63, 3.8) is 0 Å². The Bertz CT molecular complexity index is 359. The summed E-state index contributed by atoms with van der Waals surface area (Å²) < 4.78 is 0. The predicted molar refractivity (Wildman–Crippen MR) is 81.3 cm³/mol. The lowest BCUT2D eigenvalue weighted by Gasteiger charge is -2.27. The van der Waals surface area contributed by atoms with Crippen LogP contribution in [0.2, 0.25) is 0 Å². The lowest BCUT2D eigenvalue weighted by atomic mass is 10.1. The first-order valence-electron chi connectivity index (χ1n) is 7.16. The Labute approximate surface area is 117 Å². The van der Waals surface area contributed by atoms with E-state index in [0.717, 1.165) is 24.6 Å². The molecule has 0 spiro atoms. The molecule has 0 bridgehead atoms. The van der Waals surface area contributed by atoms with E-state index in [1.165, 1.54) is 0 Å². The van der Waals surface area contributed by atoms with Gasteiger partial charge in [-0.3, -0.25) is 0 Å². The SMILES string of the molecule is CC(C)CNCc1cnc(N(C)C(C)C(C)C)nc1. The van der Waals surface area contributed by atoms with Crippen LogP contribution < -0.4 is 10.2 Å². The second-order valence-corrected chi connectivity index (χ2v) is 6.01. The number of nitrogens with one attached hydrogen (secondary N) is 1. The van der Waals surface area contributed by atoms with Crippen LogP contribution in [-0.2, 0) is 6.54 Å². The summed E-state index contributed by atoms with van der Waals surface area (Å²) in [4.78, 5) is 11.0. The predicted octanol–water partition coefficient (Wildman–Crippen LogP) is 2.70. The fraction of sp³-hybridized carbons (Fsp3) is 0.733. The van der Waals surface area contributed by atoms with Crippen LogP contribution in [0.15, 0.2) is 12.4 Å². The minimum atomic E-state index is 0.435. The summed E-state index contributed by atoms with van der Waals surface area (Å²) in [7, 11) is 2.05. The first-order valence-corrected chi connectivity index (χ1v) is 7.16. The van der Waals surface area contributed by atoms with Crippen LogP contribution in [0.25, 0.3) is 0 Å². The molecule has 0 aliphatic heterocycles. The van der Waals surface area contributed by atoms with Crippen LogP contribution >= 0.6 is 0 Å². The number of hydrogen-bond acceptors (Lipinski definition) is 4. The van der Waals surface area contributed by atoms with Gasteiger partial charge in [0.2, 0.25) is 5.95 Å². The van der Waals surface area contributed by atoms with Crippen molar-refractivity contribution in [2.45, 2.75) is 47.2 Å². The van der Waals surface area contributed by atoms with Gasteiger partial charge in [0.05, 0.1) is 0 Å². The Hall–Kier alpha value is -1.16. The first-order chi connectivity index (χ1) is 8.91. The van der Waals surface area contributed by atoms with Crippen molar-refractivity contribution in [1.29, 1.82) is 0 Å². The monoisotopic (exact) mass is 264 g/mol. The number of aromatic nitrogens is 2. The lowest BCUT2D eigenvalue weighted by molar-refractivity contribution is 0.499. The van der Waals surface area contributed by atoms with Crippen LogP contribution in [0, 0.1) is 11.8 Å². The van der Waals surface area contributed by atoms with Crippen molar-refractivity contribution in [3.05, 3.63) is 18.0 Å². The number of nitrogens with zero attached hydrogens (tertiary/aromatic N) is 3. The topological polar surface area (TPSA) is 41.1 Å². The van der Waals surface area contributed by atoms with Gasteiger partial charge in [-0.2, -0.15) is 0 Å². The highest BCUT2D eigenvalue weighted by atomic mass is 15.2. The van der Waals surface area contributed by atoms with Crippen LogP contribution in [-0.4, -0.2) is 29.6 Å².